The van der Waals surface area contributed by atoms with Crippen molar-refractivity contribution in [2.45, 2.75) is 45.7 Å². The van der Waals surface area contributed by atoms with E-state index in [-0.39, 0.29) is 6.61 Å². The fourth-order valence-corrected chi connectivity index (χ4v) is 2.45. The van der Waals surface area contributed by atoms with Crippen molar-refractivity contribution in [3.63, 3.8) is 0 Å². The fourth-order valence-electron chi connectivity index (χ4n) is 0.902. The maximum Gasteiger partial charge on any atom is 0.277 e. The van der Waals surface area contributed by atoms with Gasteiger partial charge in [0.2, 0.25) is 0 Å². The molecule has 0 unspecified atom stereocenters. The molecule has 0 amide bonds. The first-order valence-corrected chi connectivity index (χ1v) is 6.10. The molecule has 0 spiro atoms. The van der Waals surface area contributed by atoms with Crippen molar-refractivity contribution in [3.05, 3.63) is 0 Å². The largest absolute Gasteiger partial charge is 0.395 e. The molecular formula is C8H20N2O3S. The van der Waals surface area contributed by atoms with Crippen molar-refractivity contribution in [3.8, 4) is 0 Å². The van der Waals surface area contributed by atoms with E-state index in [2.05, 4.69) is 9.44 Å². The molecule has 0 rings (SSSR count). The van der Waals surface area contributed by atoms with Gasteiger partial charge in [0.25, 0.3) is 10.2 Å². The Bertz CT molecular complexity index is 252. The highest BCUT2D eigenvalue weighted by Crippen LogP contribution is 2.01. The van der Waals surface area contributed by atoms with Crippen LogP contribution in [-0.2, 0) is 10.2 Å². The van der Waals surface area contributed by atoms with Gasteiger partial charge in [0.05, 0.1) is 6.61 Å². The zero-order chi connectivity index (χ0) is 11.4. The minimum absolute atomic E-state index is 0.193. The molecule has 0 saturated carbocycles. The Balaban J connectivity index is 4.35. The summed E-state index contributed by atoms with van der Waals surface area (Å²) in [4.78, 5) is 0. The molecule has 0 aromatic heterocycles. The smallest absolute Gasteiger partial charge is 0.277 e. The molecule has 1 atom stereocenters. The van der Waals surface area contributed by atoms with Crippen LogP contribution in [0.25, 0.3) is 0 Å². The normalized spacial score (nSPS) is 15.5. The van der Waals surface area contributed by atoms with Crippen LogP contribution in [0, 0.1) is 0 Å². The molecule has 0 aliphatic heterocycles. The van der Waals surface area contributed by atoms with Crippen LogP contribution in [0.4, 0.5) is 0 Å². The SMILES string of the molecule is CC[C@@H](CO)NS(=O)(=O)NC(C)(C)C. The van der Waals surface area contributed by atoms with Gasteiger partial charge >= 0.3 is 0 Å². The first-order chi connectivity index (χ1) is 6.20. The van der Waals surface area contributed by atoms with Gasteiger partial charge < -0.3 is 5.11 Å². The lowest BCUT2D eigenvalue weighted by Gasteiger charge is -2.22. The highest BCUT2D eigenvalue weighted by Gasteiger charge is 2.21. The van der Waals surface area contributed by atoms with Crippen molar-refractivity contribution in [2.24, 2.45) is 0 Å². The molecule has 6 heteroatoms. The van der Waals surface area contributed by atoms with E-state index in [1.54, 1.807) is 27.7 Å². The van der Waals surface area contributed by atoms with Gasteiger partial charge in [-0.2, -0.15) is 17.9 Å². The highest BCUT2D eigenvalue weighted by atomic mass is 32.2. The van der Waals surface area contributed by atoms with Crippen LogP contribution in [0.3, 0.4) is 0 Å². The minimum Gasteiger partial charge on any atom is -0.395 e. The highest BCUT2D eigenvalue weighted by molar-refractivity contribution is 7.87. The quantitative estimate of drug-likeness (QED) is 0.614. The zero-order valence-electron chi connectivity index (χ0n) is 9.16. The van der Waals surface area contributed by atoms with Crippen molar-refractivity contribution < 1.29 is 13.5 Å². The second kappa shape index (κ2) is 5.06. The van der Waals surface area contributed by atoms with Crippen molar-refractivity contribution in [1.82, 2.24) is 9.44 Å². The molecular weight excluding hydrogens is 204 g/mol. The lowest BCUT2D eigenvalue weighted by Crippen LogP contribution is -2.50. The van der Waals surface area contributed by atoms with Gasteiger partial charge in [0, 0.05) is 11.6 Å². The van der Waals surface area contributed by atoms with Gasteiger partial charge in [-0.05, 0) is 27.2 Å². The molecule has 0 radical (unpaired) electrons. The maximum atomic E-state index is 11.4. The van der Waals surface area contributed by atoms with Crippen LogP contribution < -0.4 is 9.44 Å². The van der Waals surface area contributed by atoms with Crippen molar-refractivity contribution in [2.75, 3.05) is 6.61 Å². The number of aliphatic hydroxyl groups excluding tert-OH is 1. The number of aliphatic hydroxyl groups is 1. The summed E-state index contributed by atoms with van der Waals surface area (Å²) in [5, 5.41) is 8.83. The molecule has 0 fully saturated rings. The average Bonchev–Trinajstić information content (AvgIpc) is 1.95. The molecule has 0 aliphatic rings. The Morgan fingerprint density at radius 2 is 1.86 bits per heavy atom. The molecule has 0 aromatic rings. The van der Waals surface area contributed by atoms with E-state index in [1.807, 2.05) is 0 Å². The Hall–Kier alpha value is -0.170. The van der Waals surface area contributed by atoms with E-state index in [9.17, 15) is 8.42 Å². The van der Waals surface area contributed by atoms with E-state index < -0.39 is 21.8 Å². The van der Waals surface area contributed by atoms with Gasteiger partial charge in [-0.15, -0.1) is 0 Å². The van der Waals surface area contributed by atoms with Gasteiger partial charge in [-0.1, -0.05) is 6.92 Å². The summed E-state index contributed by atoms with van der Waals surface area (Å²) in [5.74, 6) is 0. The van der Waals surface area contributed by atoms with Gasteiger partial charge in [-0.25, -0.2) is 0 Å². The molecule has 86 valence electrons. The number of nitrogens with one attached hydrogen (secondary N) is 2. The van der Waals surface area contributed by atoms with E-state index in [4.69, 9.17) is 5.11 Å². The minimum atomic E-state index is -3.52. The lowest BCUT2D eigenvalue weighted by molar-refractivity contribution is 0.253. The van der Waals surface area contributed by atoms with Gasteiger partial charge in [-0.3, -0.25) is 0 Å². The molecule has 0 saturated heterocycles. The monoisotopic (exact) mass is 224 g/mol. The maximum absolute atomic E-state index is 11.4. The summed E-state index contributed by atoms with van der Waals surface area (Å²) < 4.78 is 27.7. The first kappa shape index (κ1) is 13.8. The third-order valence-corrected chi connectivity index (χ3v) is 3.00. The van der Waals surface area contributed by atoms with Gasteiger partial charge in [0.15, 0.2) is 0 Å². The Labute approximate surface area is 86.1 Å². The zero-order valence-corrected chi connectivity index (χ0v) is 9.98. The van der Waals surface area contributed by atoms with Crippen LogP contribution in [0.15, 0.2) is 0 Å². The molecule has 5 nitrogen and oxygen atoms in total. The van der Waals surface area contributed by atoms with Crippen LogP contribution >= 0.6 is 0 Å². The second-order valence-electron chi connectivity index (χ2n) is 4.26. The molecule has 3 N–H and O–H groups in total. The number of hydrogen-bond acceptors (Lipinski definition) is 3. The summed E-state index contributed by atoms with van der Waals surface area (Å²) in [7, 11) is -3.52. The lowest BCUT2D eigenvalue weighted by atomic mass is 10.1. The third kappa shape index (κ3) is 6.31. The molecule has 14 heavy (non-hydrogen) atoms. The Kier molecular flexibility index (Phi) is 5.00. The standard InChI is InChI=1S/C8H20N2O3S/c1-5-7(6-11)9-14(12,13)10-8(2,3)4/h7,9-11H,5-6H2,1-4H3/t7-/m0/s1. The van der Waals surface area contributed by atoms with E-state index in [1.165, 1.54) is 0 Å². The molecule has 0 bridgehead atoms. The van der Waals surface area contributed by atoms with E-state index in [0.717, 1.165) is 0 Å². The van der Waals surface area contributed by atoms with Crippen molar-refractivity contribution >= 4 is 10.2 Å². The molecule has 0 heterocycles. The van der Waals surface area contributed by atoms with Crippen LogP contribution in [0.1, 0.15) is 34.1 Å². The predicted molar refractivity (Wildman–Crippen MR) is 56.1 cm³/mol. The van der Waals surface area contributed by atoms with Gasteiger partial charge in [0.1, 0.15) is 0 Å². The molecule has 0 aromatic carbocycles. The van der Waals surface area contributed by atoms with Crippen LogP contribution in [-0.4, -0.2) is 31.7 Å². The Morgan fingerprint density at radius 3 is 2.14 bits per heavy atom. The van der Waals surface area contributed by atoms with Crippen molar-refractivity contribution in [1.29, 1.82) is 0 Å². The Morgan fingerprint density at radius 1 is 1.36 bits per heavy atom. The summed E-state index contributed by atoms with van der Waals surface area (Å²) in [6.07, 6.45) is 0.557. The molecule has 0 aliphatic carbocycles. The summed E-state index contributed by atoms with van der Waals surface area (Å²) in [6.45, 7) is 6.88. The second-order valence-corrected chi connectivity index (χ2v) is 5.71. The van der Waals surface area contributed by atoms with E-state index >= 15 is 0 Å². The number of rotatable bonds is 5. The van der Waals surface area contributed by atoms with Crippen LogP contribution in [0.5, 0.6) is 0 Å². The third-order valence-electron chi connectivity index (χ3n) is 1.48. The fraction of sp³-hybridized carbons (Fsp3) is 1.00. The predicted octanol–water partition coefficient (Wildman–Crippen LogP) is -0.0202. The first-order valence-electron chi connectivity index (χ1n) is 4.62. The average molecular weight is 224 g/mol. The van der Waals surface area contributed by atoms with Crippen LogP contribution in [0.2, 0.25) is 0 Å². The summed E-state index contributed by atoms with van der Waals surface area (Å²) in [5.41, 5.74) is -0.514. The van der Waals surface area contributed by atoms with E-state index in [0.29, 0.717) is 6.42 Å². The summed E-state index contributed by atoms with van der Waals surface area (Å²) >= 11 is 0. The topological polar surface area (TPSA) is 78.4 Å². The summed E-state index contributed by atoms with van der Waals surface area (Å²) in [6, 6.07) is -0.421. The number of hydrogen-bond donors (Lipinski definition) is 3.